The van der Waals surface area contributed by atoms with Crippen molar-refractivity contribution in [3.63, 3.8) is 0 Å². The van der Waals surface area contributed by atoms with Gasteiger partial charge in [-0.15, -0.1) is 0 Å². The lowest BCUT2D eigenvalue weighted by Crippen LogP contribution is -2.64. The Morgan fingerprint density at radius 2 is 1.50 bits per heavy atom. The quantitative estimate of drug-likeness (QED) is 0.0171. The molecular weight excluding hydrogens is 1250 g/mol. The lowest BCUT2D eigenvalue weighted by molar-refractivity contribution is -0.433. The summed E-state index contributed by atoms with van der Waals surface area (Å²) in [4.78, 5) is 120. The van der Waals surface area contributed by atoms with Gasteiger partial charge < -0.3 is 91.9 Å². The molecule has 34 heteroatoms. The minimum absolute atomic E-state index is 0.0114. The summed E-state index contributed by atoms with van der Waals surface area (Å²) in [5.74, 6) is -11.2. The standard InChI is InChI=1S/C58H73N11O21S2/c1-4-5-6-7-18-87-35-15-12-31(13-16-35)55-66-69-26-37(62-58(69)91-55)29-8-10-30(11-9-29)50(79)61-36-20-33(71)23-60-54(83)46-47(76)27(2)24-68(46)57(85)44(40(74)22-42(59)75)64-53(82)45(49(78)48(77)32-14-17-39(73)41(19-32)88-92-90-89-86)65-52(81)38-21-34(72)25-67(38)56(84)43(28(3)70)63-51(36)80/h8-17,19,26-28,33-34,36,38,40,43-49,70-74,76-78,86H,4-7,18,20-25H2,1-3H3,(H2,59,75)(H,60,83)(H,61,79)(H,63,80)(H,64,82)(H,65,81). The lowest BCUT2D eigenvalue weighted by atomic mass is 9.96. The number of hydrogen-bond acceptors (Lipinski definition) is 25. The van der Waals surface area contributed by atoms with E-state index in [2.05, 4.69) is 42.9 Å². The molecular formula is C58H73N11O21S2. The second kappa shape index (κ2) is 31.5. The average Bonchev–Trinajstić information content (AvgIpc) is 1.76. The smallest absolute Gasteiger partial charge is 0.261 e. The number of aromatic nitrogens is 3. The van der Waals surface area contributed by atoms with Gasteiger partial charge in [0.1, 0.15) is 59.2 Å². The van der Waals surface area contributed by atoms with Crippen molar-refractivity contribution in [1.29, 1.82) is 0 Å². The van der Waals surface area contributed by atoms with Crippen molar-refractivity contribution in [2.24, 2.45) is 11.7 Å². The van der Waals surface area contributed by atoms with E-state index in [4.69, 9.17) is 30.0 Å². The summed E-state index contributed by atoms with van der Waals surface area (Å²) < 4.78 is 16.7. The van der Waals surface area contributed by atoms with Crippen LogP contribution in [0.4, 0.5) is 0 Å². The second-order valence-electron chi connectivity index (χ2n) is 22.6. The van der Waals surface area contributed by atoms with Gasteiger partial charge in [-0.3, -0.25) is 38.4 Å². The Balaban J connectivity index is 1.07. The summed E-state index contributed by atoms with van der Waals surface area (Å²) in [6.45, 7) is 3.46. The number of fused-ring (bicyclic) bond motifs is 3. The number of carbonyl (C=O) groups excluding carboxylic acids is 8. The number of benzene rings is 3. The highest BCUT2D eigenvalue weighted by molar-refractivity contribution is 7.90. The summed E-state index contributed by atoms with van der Waals surface area (Å²) in [5, 5.41) is 119. The van der Waals surface area contributed by atoms with Crippen LogP contribution in [0, 0.1) is 5.92 Å². The maximum absolute atomic E-state index is 14.7. The van der Waals surface area contributed by atoms with Crippen molar-refractivity contribution < 1.29 is 103 Å². The fraction of sp³-hybridized carbons (Fsp3) is 0.483. The number of imidazole rings is 1. The predicted octanol–water partition coefficient (Wildman–Crippen LogP) is -1.53. The molecule has 3 fully saturated rings. The third kappa shape index (κ3) is 16.9. The summed E-state index contributed by atoms with van der Waals surface area (Å²) in [6.07, 6.45) is -10.1. The number of β-amino-alcohol motifs (C(OH)–C–C–N with tert-alkyl or cyclic N) is 1. The van der Waals surface area contributed by atoms with Crippen molar-refractivity contribution in [3.8, 4) is 39.1 Å². The number of phenolic OH excluding ortho intramolecular Hbond substituents is 1. The number of ether oxygens (including phenoxy) is 1. The van der Waals surface area contributed by atoms with E-state index >= 15 is 0 Å². The van der Waals surface area contributed by atoms with E-state index in [9.17, 15) is 79.2 Å². The Labute approximate surface area is 533 Å². The number of aliphatic hydroxyl groups excluding tert-OH is 7. The molecule has 32 nitrogen and oxygen atoms in total. The van der Waals surface area contributed by atoms with Gasteiger partial charge in [-0.2, -0.15) is 5.10 Å². The van der Waals surface area contributed by atoms with E-state index < -0.39 is 183 Å². The summed E-state index contributed by atoms with van der Waals surface area (Å²) in [6, 6.07) is 4.27. The van der Waals surface area contributed by atoms with Crippen molar-refractivity contribution in [3.05, 3.63) is 84.1 Å². The third-order valence-electron chi connectivity index (χ3n) is 15.8. The highest BCUT2D eigenvalue weighted by Gasteiger charge is 2.50. The maximum atomic E-state index is 14.7. The van der Waals surface area contributed by atoms with Gasteiger partial charge in [0.15, 0.2) is 11.5 Å². The number of carbonyl (C=O) groups is 8. The van der Waals surface area contributed by atoms with Crippen LogP contribution in [0.5, 0.6) is 17.2 Å². The maximum Gasteiger partial charge on any atom is 0.261 e. The van der Waals surface area contributed by atoms with Gasteiger partial charge >= 0.3 is 0 Å². The molecule has 14 atom stereocenters. The largest absolute Gasteiger partial charge is 0.504 e. The van der Waals surface area contributed by atoms with E-state index in [-0.39, 0.29) is 23.5 Å². The van der Waals surface area contributed by atoms with Gasteiger partial charge in [-0.25, -0.2) is 14.8 Å². The molecule has 0 spiro atoms. The number of hydrogen-bond donors (Lipinski definition) is 15. The molecule has 8 rings (SSSR count). The fourth-order valence-corrected chi connectivity index (χ4v) is 12.0. The first-order valence-electron chi connectivity index (χ1n) is 29.4. The van der Waals surface area contributed by atoms with E-state index in [0.29, 0.717) is 27.8 Å². The van der Waals surface area contributed by atoms with Crippen LogP contribution in [0.25, 0.3) is 26.8 Å². The first kappa shape index (κ1) is 69.8. The van der Waals surface area contributed by atoms with Gasteiger partial charge in [0, 0.05) is 55.1 Å². The van der Waals surface area contributed by atoms with E-state index in [1.54, 1.807) is 22.8 Å². The molecule has 5 heterocycles. The van der Waals surface area contributed by atoms with Crippen LogP contribution < -0.4 is 41.2 Å². The summed E-state index contributed by atoms with van der Waals surface area (Å²) >= 11 is 1.33. The van der Waals surface area contributed by atoms with Gasteiger partial charge in [0.05, 0.1) is 55.4 Å². The molecule has 0 radical (unpaired) electrons. The summed E-state index contributed by atoms with van der Waals surface area (Å²) in [5.41, 5.74) is 6.97. The Bertz CT molecular complexity index is 3400. The molecule has 16 N–H and O–H groups in total. The van der Waals surface area contributed by atoms with Gasteiger partial charge in [-0.05, 0) is 67.4 Å². The first-order chi connectivity index (χ1) is 43.9. The molecule has 0 aliphatic carbocycles. The Morgan fingerprint density at radius 1 is 0.815 bits per heavy atom. The van der Waals surface area contributed by atoms with E-state index in [0.717, 1.165) is 71.9 Å². The zero-order valence-corrected chi connectivity index (χ0v) is 51.5. The second-order valence-corrected chi connectivity index (χ2v) is 24.0. The number of amides is 8. The summed E-state index contributed by atoms with van der Waals surface area (Å²) in [7, 11) is 0. The molecule has 92 heavy (non-hydrogen) atoms. The van der Waals surface area contributed by atoms with Gasteiger partial charge in [0.2, 0.25) is 46.3 Å². The van der Waals surface area contributed by atoms with Crippen LogP contribution in [0.3, 0.4) is 0 Å². The number of nitrogens with two attached hydrogens (primary N) is 1. The molecule has 5 aromatic rings. The van der Waals surface area contributed by atoms with Crippen molar-refractivity contribution in [2.75, 3.05) is 26.2 Å². The van der Waals surface area contributed by atoms with Crippen LogP contribution in [-0.2, 0) is 42.9 Å². The zero-order valence-electron chi connectivity index (χ0n) is 49.8. The number of aliphatic hydroxyl groups is 7. The number of unbranched alkanes of at least 4 members (excludes halogenated alkanes) is 3. The lowest BCUT2D eigenvalue weighted by Gasteiger charge is -2.34. The number of primary amides is 1. The molecule has 0 bridgehead atoms. The Hall–Kier alpha value is -8.13. The highest BCUT2D eigenvalue weighted by atomic mass is 32.2. The topological polar surface area (TPSA) is 478 Å². The molecule has 0 saturated carbocycles. The zero-order chi connectivity index (χ0) is 66.7. The van der Waals surface area contributed by atoms with Crippen LogP contribution in [-0.4, -0.2) is 217 Å². The SMILES string of the molecule is CCCCCCOc1ccc(-c2nn3cc(-c4ccc(C(=O)NC5CC(O)CNC(=O)C6C(O)C(C)CN6C(=O)C(C(O)CC(N)=O)NC(=O)C(C(O)C(O)c6ccc(O)c(OSOOO)c6)NC(=O)C6CC(O)CN6C(=O)C(C(C)O)NC5=O)cc4)nc3s2)cc1. The Morgan fingerprint density at radius 3 is 2.17 bits per heavy atom. The van der Waals surface area contributed by atoms with E-state index in [1.807, 2.05) is 24.3 Å². The molecule has 3 saturated heterocycles. The first-order valence-corrected chi connectivity index (χ1v) is 30.9. The number of phenols is 1. The number of nitrogens with one attached hydrogen (secondary N) is 5. The van der Waals surface area contributed by atoms with Crippen LogP contribution >= 0.6 is 23.7 Å². The van der Waals surface area contributed by atoms with Crippen LogP contribution in [0.1, 0.15) is 87.7 Å². The van der Waals surface area contributed by atoms with Crippen LogP contribution in [0.15, 0.2) is 72.9 Å². The van der Waals surface area contributed by atoms with Crippen molar-refractivity contribution in [2.45, 2.75) is 145 Å². The molecule has 8 amide bonds. The van der Waals surface area contributed by atoms with Gasteiger partial charge in [-0.1, -0.05) is 72.0 Å². The third-order valence-corrected chi connectivity index (χ3v) is 17.1. The molecule has 3 aromatic carbocycles. The number of rotatable bonds is 21. The number of aromatic hydroxyl groups is 1. The van der Waals surface area contributed by atoms with Crippen LogP contribution in [0.2, 0.25) is 0 Å². The minimum Gasteiger partial charge on any atom is -0.504 e. The molecule has 3 aliphatic heterocycles. The van der Waals surface area contributed by atoms with Crippen molar-refractivity contribution >= 4 is 75.9 Å². The average molecular weight is 1320 g/mol. The van der Waals surface area contributed by atoms with E-state index in [1.165, 1.54) is 30.4 Å². The molecule has 14 unspecified atom stereocenters. The van der Waals surface area contributed by atoms with Crippen molar-refractivity contribution in [1.82, 2.24) is 51.0 Å². The highest BCUT2D eigenvalue weighted by Crippen LogP contribution is 2.35. The fourth-order valence-electron chi connectivity index (χ4n) is 10.8. The minimum atomic E-state index is -2.53. The monoisotopic (exact) mass is 1320 g/mol. The normalized spacial score (nSPS) is 25.1. The Kier molecular flexibility index (Phi) is 23.9. The number of nitrogens with zero attached hydrogens (tertiary/aromatic N) is 5. The molecule has 3 aliphatic rings. The molecule has 498 valence electrons. The molecule has 2 aromatic heterocycles. The van der Waals surface area contributed by atoms with Gasteiger partial charge in [0.25, 0.3) is 18.2 Å². The predicted molar refractivity (Wildman–Crippen MR) is 322 cm³/mol.